The van der Waals surface area contributed by atoms with Crippen molar-refractivity contribution in [2.75, 3.05) is 16.2 Å². The monoisotopic (exact) mass is 374 g/mol. The summed E-state index contributed by atoms with van der Waals surface area (Å²) < 4.78 is 57.5. The minimum atomic E-state index is -3.92. The van der Waals surface area contributed by atoms with Crippen molar-refractivity contribution in [3.05, 3.63) is 23.2 Å². The highest BCUT2D eigenvalue weighted by Gasteiger charge is 2.32. The van der Waals surface area contributed by atoms with Crippen molar-refractivity contribution in [1.82, 2.24) is 14.9 Å². The molecule has 0 radical (unpaired) electrons. The van der Waals surface area contributed by atoms with Gasteiger partial charge in [-0.05, 0) is 27.2 Å². The van der Waals surface area contributed by atoms with E-state index < -0.39 is 19.9 Å². The molecule has 1 N–H and O–H groups in total. The zero-order valence-electron chi connectivity index (χ0n) is 13.5. The minimum absolute atomic E-state index is 0.0213. The van der Waals surface area contributed by atoms with Crippen LogP contribution in [0.5, 0.6) is 0 Å². The lowest BCUT2D eigenvalue weighted by Crippen LogP contribution is -2.20. The molecule has 2 aromatic heterocycles. The predicted molar refractivity (Wildman–Crippen MR) is 86.1 cm³/mol. The molecule has 9 nitrogen and oxygen atoms in total. The van der Waals surface area contributed by atoms with Crippen LogP contribution in [0, 0.1) is 20.8 Å². The van der Waals surface area contributed by atoms with Gasteiger partial charge in [-0.15, -0.1) is 0 Å². The van der Waals surface area contributed by atoms with E-state index in [0.29, 0.717) is 12.1 Å². The molecule has 1 fully saturated rings. The Kier molecular flexibility index (Phi) is 3.95. The summed E-state index contributed by atoms with van der Waals surface area (Å²) in [5.74, 6) is 0.446. The minimum Gasteiger partial charge on any atom is -0.360 e. The number of aryl methyl sites for hydroxylation is 3. The number of nitrogens with one attached hydrogen (secondary N) is 1. The maximum Gasteiger partial charge on any atom is 0.268 e. The van der Waals surface area contributed by atoms with E-state index in [1.165, 1.54) is 18.5 Å². The van der Waals surface area contributed by atoms with Gasteiger partial charge in [0.15, 0.2) is 20.5 Å². The van der Waals surface area contributed by atoms with Crippen LogP contribution in [0.3, 0.4) is 0 Å². The highest BCUT2D eigenvalue weighted by molar-refractivity contribution is 7.92. The molecule has 0 spiro atoms. The Labute approximate surface area is 140 Å². The van der Waals surface area contributed by atoms with E-state index >= 15 is 0 Å². The number of sulfonamides is 1. The lowest BCUT2D eigenvalue weighted by Gasteiger charge is -2.14. The molecule has 1 aliphatic heterocycles. The normalized spacial score (nSPS) is 20.4. The molecular formula is C13H18N4O5S2. The number of hydrogen-bond acceptors (Lipinski definition) is 7. The Morgan fingerprint density at radius 1 is 1.33 bits per heavy atom. The van der Waals surface area contributed by atoms with E-state index in [4.69, 9.17) is 4.52 Å². The second kappa shape index (κ2) is 5.59. The van der Waals surface area contributed by atoms with E-state index in [2.05, 4.69) is 15.0 Å². The number of hydrogen-bond donors (Lipinski definition) is 1. The predicted octanol–water partition coefficient (Wildman–Crippen LogP) is 0.957. The van der Waals surface area contributed by atoms with Crippen molar-refractivity contribution in [1.29, 1.82) is 0 Å². The van der Waals surface area contributed by atoms with Gasteiger partial charge in [-0.1, -0.05) is 5.16 Å². The molecule has 24 heavy (non-hydrogen) atoms. The molecule has 11 heteroatoms. The second-order valence-corrected chi connectivity index (χ2v) is 9.78. The maximum atomic E-state index is 12.6. The smallest absolute Gasteiger partial charge is 0.268 e. The van der Waals surface area contributed by atoms with E-state index in [0.717, 1.165) is 0 Å². The largest absolute Gasteiger partial charge is 0.360 e. The molecule has 0 amide bonds. The lowest BCUT2D eigenvalue weighted by molar-refractivity contribution is 0.390. The van der Waals surface area contributed by atoms with E-state index in [1.54, 1.807) is 13.0 Å². The summed E-state index contributed by atoms with van der Waals surface area (Å²) in [5.41, 5.74) is 0.849. The zero-order valence-corrected chi connectivity index (χ0v) is 15.1. The van der Waals surface area contributed by atoms with Gasteiger partial charge in [-0.2, -0.15) is 5.10 Å². The molecule has 3 heterocycles. The fourth-order valence-corrected chi connectivity index (χ4v) is 5.95. The van der Waals surface area contributed by atoms with Crippen LogP contribution in [0.25, 0.3) is 0 Å². The van der Waals surface area contributed by atoms with Gasteiger partial charge in [0, 0.05) is 6.07 Å². The van der Waals surface area contributed by atoms with Crippen LogP contribution < -0.4 is 4.72 Å². The Bertz CT molecular complexity index is 968. The number of nitrogens with zero attached hydrogens (tertiary/aromatic N) is 3. The molecule has 1 atom stereocenters. The van der Waals surface area contributed by atoms with Crippen LogP contribution in [-0.4, -0.2) is 43.3 Å². The number of rotatable bonds is 4. The van der Waals surface area contributed by atoms with Crippen LogP contribution >= 0.6 is 0 Å². The first-order valence-corrected chi connectivity index (χ1v) is 10.6. The van der Waals surface area contributed by atoms with Crippen LogP contribution in [-0.2, 0) is 19.9 Å². The molecule has 132 valence electrons. The third-order valence-corrected chi connectivity index (χ3v) is 7.24. The van der Waals surface area contributed by atoms with Gasteiger partial charge in [-0.25, -0.2) is 21.5 Å². The first kappa shape index (κ1) is 17.0. The van der Waals surface area contributed by atoms with Gasteiger partial charge in [-0.3, -0.25) is 4.72 Å². The Balaban J connectivity index is 1.97. The van der Waals surface area contributed by atoms with Gasteiger partial charge >= 0.3 is 0 Å². The van der Waals surface area contributed by atoms with Crippen LogP contribution in [0.2, 0.25) is 0 Å². The summed E-state index contributed by atoms with van der Waals surface area (Å²) in [6.45, 7) is 4.77. The topological polar surface area (TPSA) is 124 Å². The molecular weight excluding hydrogens is 356 g/mol. The first-order chi connectivity index (χ1) is 11.1. The third kappa shape index (κ3) is 3.05. The summed E-state index contributed by atoms with van der Waals surface area (Å²) in [7, 11) is -7.03. The molecule has 0 aliphatic carbocycles. The molecule has 1 aliphatic rings. The third-order valence-electron chi connectivity index (χ3n) is 3.89. The summed E-state index contributed by atoms with van der Waals surface area (Å²) in [5, 5.41) is 7.91. The molecule has 2 aromatic rings. The summed E-state index contributed by atoms with van der Waals surface area (Å²) in [6, 6.07) is 1.19. The van der Waals surface area contributed by atoms with Crippen molar-refractivity contribution in [3.8, 4) is 0 Å². The highest BCUT2D eigenvalue weighted by Crippen LogP contribution is 2.29. The van der Waals surface area contributed by atoms with Gasteiger partial charge in [0.1, 0.15) is 11.5 Å². The lowest BCUT2D eigenvalue weighted by atomic mass is 10.3. The van der Waals surface area contributed by atoms with Crippen LogP contribution in [0.4, 0.5) is 5.82 Å². The van der Waals surface area contributed by atoms with Crippen LogP contribution in [0.15, 0.2) is 15.5 Å². The van der Waals surface area contributed by atoms with E-state index in [9.17, 15) is 16.8 Å². The molecule has 0 aromatic carbocycles. The van der Waals surface area contributed by atoms with E-state index in [1.807, 2.05) is 0 Å². The molecule has 0 unspecified atom stereocenters. The fourth-order valence-electron chi connectivity index (χ4n) is 2.89. The quantitative estimate of drug-likeness (QED) is 0.845. The molecule has 1 saturated heterocycles. The number of sulfone groups is 1. The first-order valence-electron chi connectivity index (χ1n) is 7.31. The van der Waals surface area contributed by atoms with Gasteiger partial charge in [0.25, 0.3) is 10.0 Å². The highest BCUT2D eigenvalue weighted by atomic mass is 32.2. The standard InChI is InChI=1S/C13H18N4O5S2/c1-8-6-12(17(14-8)11-4-5-23(18,19)7-11)16-24(20,21)13-9(2)15-22-10(13)3/h6,11,16H,4-5,7H2,1-3H3/t11-/m0/s1. The average molecular weight is 374 g/mol. The second-order valence-electron chi connectivity index (χ2n) is 5.93. The van der Waals surface area contributed by atoms with Gasteiger partial charge in [0.05, 0.1) is 23.2 Å². The Hall–Kier alpha value is -1.88. The maximum absolute atomic E-state index is 12.6. The SMILES string of the molecule is Cc1cc(NS(=O)(=O)c2c(C)noc2C)n([C@H]2CCS(=O)(=O)C2)n1. The zero-order chi connectivity index (χ0) is 17.7. The average Bonchev–Trinajstić information content (AvgIpc) is 3.08. The van der Waals surface area contributed by atoms with E-state index in [-0.39, 0.29) is 39.7 Å². The number of aromatic nitrogens is 3. The van der Waals surface area contributed by atoms with Crippen molar-refractivity contribution in [2.45, 2.75) is 38.1 Å². The molecule has 0 bridgehead atoms. The number of anilines is 1. The summed E-state index contributed by atoms with van der Waals surface area (Å²) in [6.07, 6.45) is 0.406. The van der Waals surface area contributed by atoms with Crippen molar-refractivity contribution >= 4 is 25.7 Å². The Morgan fingerprint density at radius 2 is 2.04 bits per heavy atom. The molecule has 3 rings (SSSR count). The van der Waals surface area contributed by atoms with Crippen molar-refractivity contribution in [2.24, 2.45) is 0 Å². The fraction of sp³-hybridized carbons (Fsp3) is 0.538. The summed E-state index contributed by atoms with van der Waals surface area (Å²) in [4.78, 5) is -0.0213. The van der Waals surface area contributed by atoms with Crippen molar-refractivity contribution < 1.29 is 21.4 Å². The van der Waals surface area contributed by atoms with Gasteiger partial charge < -0.3 is 4.52 Å². The summed E-state index contributed by atoms with van der Waals surface area (Å²) >= 11 is 0. The molecule has 0 saturated carbocycles. The van der Waals surface area contributed by atoms with Crippen LogP contribution in [0.1, 0.15) is 29.6 Å². The van der Waals surface area contributed by atoms with Gasteiger partial charge in [0.2, 0.25) is 0 Å². The van der Waals surface area contributed by atoms with Crippen molar-refractivity contribution in [3.63, 3.8) is 0 Å². The Morgan fingerprint density at radius 3 is 2.58 bits per heavy atom.